The number of nitrogens with one attached hydrogen (secondary N) is 2. The van der Waals surface area contributed by atoms with Gasteiger partial charge in [0.05, 0.1) is 18.6 Å². The zero-order valence-corrected chi connectivity index (χ0v) is 8.00. The van der Waals surface area contributed by atoms with Gasteiger partial charge in [0.2, 0.25) is 0 Å². The monoisotopic (exact) mass is 206 g/mol. The summed E-state index contributed by atoms with van der Waals surface area (Å²) in [6.07, 6.45) is 3.30. The largest absolute Gasteiger partial charge is 0.399 e. The Morgan fingerprint density at radius 1 is 1.40 bits per heavy atom. The van der Waals surface area contributed by atoms with Crippen LogP contribution in [0.4, 0.5) is 15.8 Å². The fraction of sp³-hybridized carbons (Fsp3) is 0.100. The van der Waals surface area contributed by atoms with E-state index in [4.69, 9.17) is 5.73 Å². The van der Waals surface area contributed by atoms with Gasteiger partial charge in [-0.2, -0.15) is 0 Å². The predicted molar refractivity (Wildman–Crippen MR) is 56.7 cm³/mol. The van der Waals surface area contributed by atoms with Crippen LogP contribution >= 0.6 is 0 Å². The Bertz CT molecular complexity index is 418. The topological polar surface area (TPSA) is 66.7 Å². The van der Waals surface area contributed by atoms with Gasteiger partial charge in [-0.25, -0.2) is 9.37 Å². The van der Waals surface area contributed by atoms with Gasteiger partial charge in [0.25, 0.3) is 0 Å². The number of benzene rings is 1. The molecule has 4 nitrogen and oxygen atoms in total. The molecule has 2 rings (SSSR count). The Balaban J connectivity index is 2.05. The maximum absolute atomic E-state index is 13.0. The van der Waals surface area contributed by atoms with Crippen LogP contribution in [0.15, 0.2) is 30.7 Å². The number of hydrogen-bond acceptors (Lipinski definition) is 3. The van der Waals surface area contributed by atoms with Crippen molar-refractivity contribution < 1.29 is 4.39 Å². The van der Waals surface area contributed by atoms with Crippen LogP contribution in [0.3, 0.4) is 0 Å². The van der Waals surface area contributed by atoms with Gasteiger partial charge in [0, 0.05) is 17.6 Å². The highest BCUT2D eigenvalue weighted by atomic mass is 19.1. The van der Waals surface area contributed by atoms with E-state index in [0.29, 0.717) is 17.9 Å². The van der Waals surface area contributed by atoms with Crippen molar-refractivity contribution in [3.05, 3.63) is 42.2 Å². The molecule has 0 aliphatic heterocycles. The minimum Gasteiger partial charge on any atom is -0.399 e. The smallest absolute Gasteiger partial charge is 0.127 e. The molecule has 0 radical (unpaired) electrons. The van der Waals surface area contributed by atoms with Gasteiger partial charge in [-0.3, -0.25) is 0 Å². The maximum atomic E-state index is 13.0. The third kappa shape index (κ3) is 2.46. The first-order chi connectivity index (χ1) is 7.24. The van der Waals surface area contributed by atoms with Crippen molar-refractivity contribution in [2.75, 3.05) is 11.1 Å². The van der Waals surface area contributed by atoms with E-state index in [1.54, 1.807) is 18.6 Å². The van der Waals surface area contributed by atoms with Crippen LogP contribution in [0.1, 0.15) is 5.69 Å². The first kappa shape index (κ1) is 9.51. The second-order valence-electron chi connectivity index (χ2n) is 3.20. The fourth-order valence-corrected chi connectivity index (χ4v) is 1.29. The highest BCUT2D eigenvalue weighted by molar-refractivity contribution is 5.54. The van der Waals surface area contributed by atoms with Gasteiger partial charge in [0.1, 0.15) is 5.82 Å². The number of nitrogens with zero attached hydrogens (tertiary/aromatic N) is 1. The lowest BCUT2D eigenvalue weighted by Gasteiger charge is -2.05. The number of aromatic amines is 1. The Morgan fingerprint density at radius 3 is 2.93 bits per heavy atom. The van der Waals surface area contributed by atoms with E-state index in [1.165, 1.54) is 12.1 Å². The Kier molecular flexibility index (Phi) is 2.53. The maximum Gasteiger partial charge on any atom is 0.127 e. The van der Waals surface area contributed by atoms with Crippen molar-refractivity contribution in [2.24, 2.45) is 0 Å². The van der Waals surface area contributed by atoms with Gasteiger partial charge in [-0.1, -0.05) is 0 Å². The zero-order valence-electron chi connectivity index (χ0n) is 8.00. The molecule has 2 aromatic rings. The normalized spacial score (nSPS) is 10.2. The molecule has 0 spiro atoms. The van der Waals surface area contributed by atoms with Crippen LogP contribution < -0.4 is 11.1 Å². The van der Waals surface area contributed by atoms with Gasteiger partial charge in [0.15, 0.2) is 0 Å². The van der Waals surface area contributed by atoms with E-state index in [2.05, 4.69) is 15.3 Å². The molecule has 4 N–H and O–H groups in total. The molecule has 1 aromatic carbocycles. The first-order valence-corrected chi connectivity index (χ1v) is 4.51. The number of nitrogens with two attached hydrogens (primary N) is 1. The third-order valence-corrected chi connectivity index (χ3v) is 1.96. The number of rotatable bonds is 3. The molecule has 0 aliphatic rings. The minimum atomic E-state index is -0.345. The average Bonchev–Trinajstić information content (AvgIpc) is 2.65. The predicted octanol–water partition coefficient (Wildman–Crippen LogP) is 1.74. The van der Waals surface area contributed by atoms with Gasteiger partial charge >= 0.3 is 0 Å². The van der Waals surface area contributed by atoms with Gasteiger partial charge in [-0.05, 0) is 18.2 Å². The van der Waals surface area contributed by atoms with Crippen molar-refractivity contribution in [3.63, 3.8) is 0 Å². The summed E-state index contributed by atoms with van der Waals surface area (Å²) >= 11 is 0. The Hall–Kier alpha value is -2.04. The molecule has 15 heavy (non-hydrogen) atoms. The lowest BCUT2D eigenvalue weighted by molar-refractivity contribution is 0.629. The molecule has 0 bridgehead atoms. The molecule has 0 aliphatic carbocycles. The number of hydrogen-bond donors (Lipinski definition) is 3. The second kappa shape index (κ2) is 4.00. The van der Waals surface area contributed by atoms with Crippen LogP contribution in [0.5, 0.6) is 0 Å². The van der Waals surface area contributed by atoms with Crippen molar-refractivity contribution in [1.29, 1.82) is 0 Å². The first-order valence-electron chi connectivity index (χ1n) is 4.51. The summed E-state index contributed by atoms with van der Waals surface area (Å²) in [5.74, 6) is -0.345. The molecule has 1 aromatic heterocycles. The summed E-state index contributed by atoms with van der Waals surface area (Å²) in [6.45, 7) is 0.558. The number of halogens is 1. The van der Waals surface area contributed by atoms with Crippen LogP contribution in [-0.4, -0.2) is 9.97 Å². The highest BCUT2D eigenvalue weighted by Crippen LogP contribution is 2.15. The third-order valence-electron chi connectivity index (χ3n) is 1.96. The molecule has 5 heteroatoms. The highest BCUT2D eigenvalue weighted by Gasteiger charge is 1.98. The molecule has 0 saturated carbocycles. The Morgan fingerprint density at radius 2 is 2.27 bits per heavy atom. The van der Waals surface area contributed by atoms with Crippen molar-refractivity contribution in [3.8, 4) is 0 Å². The lowest BCUT2D eigenvalue weighted by Crippen LogP contribution is -2.00. The molecule has 0 saturated heterocycles. The number of anilines is 2. The summed E-state index contributed by atoms with van der Waals surface area (Å²) in [5, 5.41) is 3.04. The zero-order chi connectivity index (χ0) is 10.7. The molecule has 0 unspecified atom stereocenters. The average molecular weight is 206 g/mol. The lowest BCUT2D eigenvalue weighted by atomic mass is 10.2. The van der Waals surface area contributed by atoms with Crippen LogP contribution in [0.2, 0.25) is 0 Å². The standard InChI is InChI=1S/C10H11FN4/c11-7-1-8(12)3-9(2-7)14-5-10-4-13-6-15-10/h1-4,6,14H,5,12H2,(H,13,15). The van der Waals surface area contributed by atoms with Crippen LogP contribution in [0.25, 0.3) is 0 Å². The van der Waals surface area contributed by atoms with E-state index in [1.807, 2.05) is 0 Å². The molecule has 0 fully saturated rings. The molecular formula is C10H11FN4. The summed E-state index contributed by atoms with van der Waals surface area (Å²) in [5.41, 5.74) is 7.50. The quantitative estimate of drug-likeness (QED) is 0.670. The van der Waals surface area contributed by atoms with E-state index < -0.39 is 0 Å². The van der Waals surface area contributed by atoms with E-state index in [-0.39, 0.29) is 5.82 Å². The van der Waals surface area contributed by atoms with Crippen molar-refractivity contribution >= 4 is 11.4 Å². The number of nitrogen functional groups attached to an aromatic ring is 1. The van der Waals surface area contributed by atoms with Crippen LogP contribution in [0, 0.1) is 5.82 Å². The summed E-state index contributed by atoms with van der Waals surface area (Å²) in [6, 6.07) is 4.35. The molecule has 1 heterocycles. The van der Waals surface area contributed by atoms with Gasteiger partial charge in [-0.15, -0.1) is 0 Å². The van der Waals surface area contributed by atoms with E-state index in [0.717, 1.165) is 5.69 Å². The SMILES string of the molecule is Nc1cc(F)cc(NCc2cnc[nH]2)c1. The van der Waals surface area contributed by atoms with Crippen molar-refractivity contribution in [1.82, 2.24) is 9.97 Å². The minimum absolute atomic E-state index is 0.345. The molecule has 0 amide bonds. The summed E-state index contributed by atoms with van der Waals surface area (Å²) in [7, 11) is 0. The molecule has 0 atom stereocenters. The number of aromatic nitrogens is 2. The fourth-order valence-electron chi connectivity index (χ4n) is 1.29. The van der Waals surface area contributed by atoms with Gasteiger partial charge < -0.3 is 16.0 Å². The summed E-state index contributed by atoms with van der Waals surface area (Å²) < 4.78 is 13.0. The van der Waals surface area contributed by atoms with Crippen molar-refractivity contribution in [2.45, 2.75) is 6.54 Å². The second-order valence-corrected chi connectivity index (χ2v) is 3.20. The van der Waals surface area contributed by atoms with E-state index >= 15 is 0 Å². The van der Waals surface area contributed by atoms with Crippen LogP contribution in [-0.2, 0) is 6.54 Å². The molecular weight excluding hydrogens is 195 g/mol. The molecule has 78 valence electrons. The number of H-pyrrole nitrogens is 1. The van der Waals surface area contributed by atoms with E-state index in [9.17, 15) is 4.39 Å². The summed E-state index contributed by atoms with van der Waals surface area (Å²) in [4.78, 5) is 6.81. The Labute approximate surface area is 86.3 Å². The number of imidazole rings is 1.